The Bertz CT molecular complexity index is 769. The Labute approximate surface area is 148 Å². The molecule has 1 aromatic rings. The number of carbonyl (C=O) groups excluding carboxylic acids is 1. The molecule has 0 saturated carbocycles. The van der Waals surface area contributed by atoms with Crippen molar-refractivity contribution < 1.29 is 19.4 Å². The molecule has 1 heterocycles. The number of likely N-dealkylation sites (N-methyl/N-ethyl adjacent to an activating group) is 1. The molecule has 4 rings (SSSR count). The smallest absolute Gasteiger partial charge is 0.197 e. The zero-order valence-electron chi connectivity index (χ0n) is 15.1. The van der Waals surface area contributed by atoms with E-state index < -0.39 is 0 Å². The zero-order chi connectivity index (χ0) is 17.8. The summed E-state index contributed by atoms with van der Waals surface area (Å²) < 4.78 is 10.8. The van der Waals surface area contributed by atoms with Crippen LogP contribution in [0.2, 0.25) is 0 Å². The van der Waals surface area contributed by atoms with Gasteiger partial charge in [-0.2, -0.15) is 0 Å². The summed E-state index contributed by atoms with van der Waals surface area (Å²) in [5.41, 5.74) is 3.10. The molecule has 1 aromatic carbocycles. The summed E-state index contributed by atoms with van der Waals surface area (Å²) in [6.07, 6.45) is 5.98. The number of benzene rings is 1. The van der Waals surface area contributed by atoms with Gasteiger partial charge in [-0.05, 0) is 56.0 Å². The van der Waals surface area contributed by atoms with Gasteiger partial charge in [0.2, 0.25) is 0 Å². The number of aromatic hydroxyl groups is 1. The quantitative estimate of drug-likeness (QED) is 0.895. The van der Waals surface area contributed by atoms with Gasteiger partial charge in [0.05, 0.1) is 14.2 Å². The Morgan fingerprint density at radius 1 is 1.24 bits per heavy atom. The van der Waals surface area contributed by atoms with Gasteiger partial charge in [-0.25, -0.2) is 0 Å². The Balaban J connectivity index is 1.99. The number of allylic oxidation sites excluding steroid dienone is 2. The van der Waals surface area contributed by atoms with E-state index in [4.69, 9.17) is 9.47 Å². The van der Waals surface area contributed by atoms with Crippen LogP contribution in [0.15, 0.2) is 17.9 Å². The highest BCUT2D eigenvalue weighted by Crippen LogP contribution is 2.56. The monoisotopic (exact) mass is 343 g/mol. The van der Waals surface area contributed by atoms with E-state index in [-0.39, 0.29) is 16.9 Å². The molecule has 134 valence electrons. The van der Waals surface area contributed by atoms with Gasteiger partial charge in [-0.3, -0.25) is 9.69 Å². The number of carbonyl (C=O) groups is 1. The maximum atomic E-state index is 12.1. The number of ketones is 1. The standard InChI is InChI=1S/C20H25NO4/c1-21-9-6-12-10-15(24-2)19(23)18-17(12)13(21)4-7-20(18)8-5-14(22)16(11-20)25-3/h10-11,13,23H,4-9H2,1-3H3. The van der Waals surface area contributed by atoms with Crippen molar-refractivity contribution in [1.82, 2.24) is 4.90 Å². The average molecular weight is 343 g/mol. The van der Waals surface area contributed by atoms with Gasteiger partial charge in [0.25, 0.3) is 0 Å². The first-order chi connectivity index (χ1) is 12.0. The van der Waals surface area contributed by atoms with E-state index in [2.05, 4.69) is 11.9 Å². The van der Waals surface area contributed by atoms with Crippen molar-refractivity contribution in [2.24, 2.45) is 0 Å². The van der Waals surface area contributed by atoms with E-state index in [1.165, 1.54) is 11.1 Å². The molecule has 1 aliphatic heterocycles. The van der Waals surface area contributed by atoms with Crippen molar-refractivity contribution >= 4 is 5.78 Å². The maximum absolute atomic E-state index is 12.1. The Morgan fingerprint density at radius 3 is 2.76 bits per heavy atom. The highest BCUT2D eigenvalue weighted by atomic mass is 16.5. The number of ether oxygens (including phenoxy) is 2. The number of methoxy groups -OCH3 is 2. The summed E-state index contributed by atoms with van der Waals surface area (Å²) in [6, 6.07) is 2.31. The van der Waals surface area contributed by atoms with Crippen LogP contribution in [-0.4, -0.2) is 43.6 Å². The summed E-state index contributed by atoms with van der Waals surface area (Å²) in [6.45, 7) is 1.01. The van der Waals surface area contributed by atoms with Crippen molar-refractivity contribution in [3.63, 3.8) is 0 Å². The molecular formula is C20H25NO4. The molecule has 2 atom stereocenters. The SMILES string of the molecule is COC1=CC2(CCC1=O)CCC1c3c(cc(OC)c(O)c32)CCN1C. The lowest BCUT2D eigenvalue weighted by atomic mass is 9.61. The minimum atomic E-state index is -0.351. The van der Waals surface area contributed by atoms with Crippen LogP contribution >= 0.6 is 0 Å². The molecule has 5 nitrogen and oxygen atoms in total. The molecule has 0 aromatic heterocycles. The normalized spacial score (nSPS) is 28.5. The maximum Gasteiger partial charge on any atom is 0.197 e. The van der Waals surface area contributed by atoms with E-state index in [1.807, 2.05) is 12.1 Å². The molecule has 2 unspecified atom stereocenters. The molecule has 0 bridgehead atoms. The number of fused-ring (bicyclic) bond motifs is 1. The largest absolute Gasteiger partial charge is 0.504 e. The highest BCUT2D eigenvalue weighted by Gasteiger charge is 2.47. The van der Waals surface area contributed by atoms with Crippen LogP contribution in [-0.2, 0) is 21.4 Å². The van der Waals surface area contributed by atoms with E-state index >= 15 is 0 Å². The van der Waals surface area contributed by atoms with Crippen molar-refractivity contribution in [3.05, 3.63) is 34.6 Å². The molecule has 3 aliphatic rings. The number of rotatable bonds is 2. The lowest BCUT2D eigenvalue weighted by Gasteiger charge is -2.47. The highest BCUT2D eigenvalue weighted by molar-refractivity contribution is 5.95. The lowest BCUT2D eigenvalue weighted by Crippen LogP contribution is -2.42. The van der Waals surface area contributed by atoms with Crippen molar-refractivity contribution in [3.8, 4) is 11.5 Å². The molecule has 0 amide bonds. The fraction of sp³-hybridized carbons (Fsp3) is 0.550. The number of hydrogen-bond donors (Lipinski definition) is 1. The number of nitrogens with zero attached hydrogens (tertiary/aromatic N) is 1. The molecular weight excluding hydrogens is 318 g/mol. The van der Waals surface area contributed by atoms with Crippen LogP contribution in [0.5, 0.6) is 11.5 Å². The first kappa shape index (κ1) is 16.5. The first-order valence-corrected chi connectivity index (χ1v) is 8.94. The number of Topliss-reactive ketones (excluding diaryl/α,β-unsaturated/α-hetero) is 1. The van der Waals surface area contributed by atoms with Crippen LogP contribution in [0.4, 0.5) is 0 Å². The Kier molecular flexibility index (Phi) is 3.80. The number of phenolic OH excluding ortho intramolecular Hbond substituents is 1. The van der Waals surface area contributed by atoms with Gasteiger partial charge in [-0.1, -0.05) is 0 Å². The minimum absolute atomic E-state index is 0.0450. The predicted octanol–water partition coefficient (Wildman–Crippen LogP) is 2.85. The molecule has 0 fully saturated rings. The molecule has 5 heteroatoms. The minimum Gasteiger partial charge on any atom is -0.504 e. The fourth-order valence-corrected chi connectivity index (χ4v) is 4.95. The Hall–Kier alpha value is -2.01. The third kappa shape index (κ3) is 2.29. The number of hydrogen-bond acceptors (Lipinski definition) is 5. The molecule has 25 heavy (non-hydrogen) atoms. The summed E-state index contributed by atoms with van der Waals surface area (Å²) in [4.78, 5) is 14.5. The van der Waals surface area contributed by atoms with Gasteiger partial charge in [0, 0.05) is 30.0 Å². The van der Waals surface area contributed by atoms with Gasteiger partial charge in [-0.15, -0.1) is 0 Å². The van der Waals surface area contributed by atoms with Crippen molar-refractivity contribution in [2.45, 2.75) is 43.6 Å². The van der Waals surface area contributed by atoms with E-state index in [0.717, 1.165) is 31.4 Å². The first-order valence-electron chi connectivity index (χ1n) is 8.94. The van der Waals surface area contributed by atoms with E-state index in [0.29, 0.717) is 30.4 Å². The van der Waals surface area contributed by atoms with Crippen LogP contribution in [0.25, 0.3) is 0 Å². The summed E-state index contributed by atoms with van der Waals surface area (Å²) in [5.74, 6) is 1.22. The summed E-state index contributed by atoms with van der Waals surface area (Å²) in [5, 5.41) is 11.0. The molecule has 0 radical (unpaired) electrons. The average Bonchev–Trinajstić information content (AvgIpc) is 2.62. The summed E-state index contributed by atoms with van der Waals surface area (Å²) >= 11 is 0. The molecule has 1 N–H and O–H groups in total. The van der Waals surface area contributed by atoms with Gasteiger partial charge in [0.1, 0.15) is 0 Å². The molecule has 2 aliphatic carbocycles. The number of phenols is 1. The van der Waals surface area contributed by atoms with Crippen LogP contribution in [0.3, 0.4) is 0 Å². The second-order valence-electron chi connectivity index (χ2n) is 7.45. The molecule has 1 spiro atoms. The fourth-order valence-electron chi connectivity index (χ4n) is 4.95. The third-order valence-corrected chi connectivity index (χ3v) is 6.27. The van der Waals surface area contributed by atoms with Gasteiger partial charge in [0.15, 0.2) is 23.0 Å². The van der Waals surface area contributed by atoms with Crippen molar-refractivity contribution in [2.75, 3.05) is 27.8 Å². The lowest BCUT2D eigenvalue weighted by molar-refractivity contribution is -0.119. The topological polar surface area (TPSA) is 59.0 Å². The zero-order valence-corrected chi connectivity index (χ0v) is 15.1. The van der Waals surface area contributed by atoms with E-state index in [1.54, 1.807) is 14.2 Å². The molecule has 0 saturated heterocycles. The second-order valence-corrected chi connectivity index (χ2v) is 7.45. The van der Waals surface area contributed by atoms with E-state index in [9.17, 15) is 9.90 Å². The Morgan fingerprint density at radius 2 is 2.04 bits per heavy atom. The van der Waals surface area contributed by atoms with Crippen molar-refractivity contribution in [1.29, 1.82) is 0 Å². The predicted molar refractivity (Wildman–Crippen MR) is 94.0 cm³/mol. The van der Waals surface area contributed by atoms with Gasteiger partial charge >= 0.3 is 0 Å². The second kappa shape index (κ2) is 5.77. The van der Waals surface area contributed by atoms with Gasteiger partial charge < -0.3 is 14.6 Å². The third-order valence-electron chi connectivity index (χ3n) is 6.27. The summed E-state index contributed by atoms with van der Waals surface area (Å²) in [7, 11) is 5.29. The van der Waals surface area contributed by atoms with Crippen LogP contribution in [0.1, 0.15) is 48.4 Å². The van der Waals surface area contributed by atoms with Crippen LogP contribution < -0.4 is 4.74 Å². The van der Waals surface area contributed by atoms with Crippen LogP contribution in [0, 0.1) is 0 Å².